The number of phosphoric acid groups is 3. The highest BCUT2D eigenvalue weighted by Crippen LogP contribution is 2.66. The maximum Gasteiger partial charge on any atom is 0.490 e. The Morgan fingerprint density at radius 1 is 1.30 bits per heavy atom. The largest absolute Gasteiger partial charge is 0.490 e. The second-order valence-corrected chi connectivity index (χ2v) is 10.3. The first-order chi connectivity index (χ1) is 15.7. The lowest BCUT2D eigenvalue weighted by Gasteiger charge is -2.26. The number of aliphatic hydroxyl groups excluding tert-OH is 1. The SMILES string of the molecule is [2H]C([2H])(OP(=O)(O)OP(=O)(O)OP(=O)(O)O)[C@H]1O[C@@H](n2ncc(N)nc2=O)C(N)(C#CCF)[C@H]1O. The van der Waals surface area contributed by atoms with Crippen LogP contribution in [0.2, 0.25) is 0 Å². The molecule has 2 rings (SSSR count). The lowest BCUT2D eigenvalue weighted by molar-refractivity contribution is -0.0519. The number of halogens is 1. The van der Waals surface area contributed by atoms with Gasteiger partial charge in [-0.3, -0.25) is 4.52 Å². The summed E-state index contributed by atoms with van der Waals surface area (Å²) in [6, 6.07) is 0. The summed E-state index contributed by atoms with van der Waals surface area (Å²) in [5, 5.41) is 14.2. The van der Waals surface area contributed by atoms with Gasteiger partial charge >= 0.3 is 29.2 Å². The summed E-state index contributed by atoms with van der Waals surface area (Å²) in [7, 11) is -17.8. The molecule has 1 aliphatic heterocycles. The van der Waals surface area contributed by atoms with Gasteiger partial charge in [-0.2, -0.15) is 23.4 Å². The van der Waals surface area contributed by atoms with Crippen LogP contribution >= 0.6 is 23.5 Å². The molecule has 186 valence electrons. The van der Waals surface area contributed by atoms with Gasteiger partial charge in [0.1, 0.15) is 24.7 Å². The standard InChI is InChI=1S/C11H17FN5O13P3/c12-3-1-2-11(14)8(18)6(28-9(11)17-10(19)16-7(13)4-15-17)5-27-32(23,24)30-33(25,26)29-31(20,21)22/h4,6,8-9,18H,3,5,14H2,(H,23,24)(H,25,26)(H2,13,16,19)(H2,20,21,22)/t6-,8+,9-,11?/m1/s1/i5D2. The van der Waals surface area contributed by atoms with Crippen LogP contribution in [0.4, 0.5) is 10.2 Å². The van der Waals surface area contributed by atoms with Gasteiger partial charge in [-0.05, 0) is 0 Å². The Bertz CT molecular complexity index is 1240. The van der Waals surface area contributed by atoms with E-state index in [4.69, 9.17) is 28.7 Å². The van der Waals surface area contributed by atoms with Gasteiger partial charge in [0.15, 0.2) is 11.8 Å². The van der Waals surface area contributed by atoms with Crippen LogP contribution in [-0.4, -0.2) is 70.4 Å². The van der Waals surface area contributed by atoms with Crippen LogP contribution in [0.25, 0.3) is 0 Å². The Morgan fingerprint density at radius 2 is 1.94 bits per heavy atom. The average Bonchev–Trinajstić information content (AvgIpc) is 2.88. The number of hydrogen-bond donors (Lipinski definition) is 7. The van der Waals surface area contributed by atoms with Crippen molar-refractivity contribution in [3.05, 3.63) is 16.7 Å². The molecule has 1 saturated heterocycles. The minimum absolute atomic E-state index is 0.341. The predicted molar refractivity (Wildman–Crippen MR) is 101 cm³/mol. The average molecular weight is 541 g/mol. The fourth-order valence-electron chi connectivity index (χ4n) is 2.33. The number of aliphatic hydroxyl groups is 1. The van der Waals surface area contributed by atoms with Crippen LogP contribution < -0.4 is 17.2 Å². The number of aromatic nitrogens is 3. The van der Waals surface area contributed by atoms with E-state index in [-0.39, 0.29) is 5.82 Å². The molecule has 1 aromatic rings. The predicted octanol–water partition coefficient (Wildman–Crippen LogP) is -2.51. The molecule has 2 heterocycles. The number of nitrogens with zero attached hydrogens (tertiary/aromatic N) is 3. The van der Waals surface area contributed by atoms with Crippen molar-refractivity contribution in [2.24, 2.45) is 5.73 Å². The van der Waals surface area contributed by atoms with Gasteiger partial charge in [0.2, 0.25) is 0 Å². The van der Waals surface area contributed by atoms with Crippen molar-refractivity contribution in [1.29, 1.82) is 0 Å². The van der Waals surface area contributed by atoms with Gasteiger partial charge in [-0.1, -0.05) is 11.8 Å². The summed E-state index contributed by atoms with van der Waals surface area (Å²) in [5.41, 5.74) is 7.49. The molecule has 0 spiro atoms. The Morgan fingerprint density at radius 3 is 2.48 bits per heavy atom. The molecule has 1 aliphatic rings. The van der Waals surface area contributed by atoms with Crippen LogP contribution in [0.3, 0.4) is 0 Å². The van der Waals surface area contributed by atoms with E-state index in [0.29, 0.717) is 4.68 Å². The maximum atomic E-state index is 12.7. The zero-order chi connectivity index (χ0) is 27.0. The van der Waals surface area contributed by atoms with Crippen LogP contribution in [0, 0.1) is 11.8 Å². The molecule has 0 saturated carbocycles. The van der Waals surface area contributed by atoms with E-state index in [2.05, 4.69) is 23.2 Å². The van der Waals surface area contributed by atoms with Crippen LogP contribution in [-0.2, 0) is 31.6 Å². The molecule has 18 nitrogen and oxygen atoms in total. The highest BCUT2D eigenvalue weighted by Gasteiger charge is 2.56. The lowest BCUT2D eigenvalue weighted by Crippen LogP contribution is -2.55. The monoisotopic (exact) mass is 541 g/mol. The quantitative estimate of drug-likeness (QED) is 0.132. The molecule has 22 heteroatoms. The number of nitrogens with two attached hydrogens (primary N) is 2. The fraction of sp³-hybridized carbons (Fsp3) is 0.545. The Hall–Kier alpha value is -1.61. The van der Waals surface area contributed by atoms with Crippen LogP contribution in [0.5, 0.6) is 0 Å². The van der Waals surface area contributed by atoms with Crippen LogP contribution in [0.1, 0.15) is 8.97 Å². The van der Waals surface area contributed by atoms with Gasteiger partial charge in [-0.15, -0.1) is 0 Å². The molecule has 0 aliphatic carbocycles. The molecule has 0 aromatic carbocycles. The zero-order valence-corrected chi connectivity index (χ0v) is 18.4. The van der Waals surface area contributed by atoms with E-state index in [0.717, 1.165) is 6.20 Å². The van der Waals surface area contributed by atoms with Crippen molar-refractivity contribution in [3.8, 4) is 11.8 Å². The molecule has 3 unspecified atom stereocenters. The third-order valence-electron chi connectivity index (χ3n) is 3.49. The van der Waals surface area contributed by atoms with Gasteiger partial charge in [0.25, 0.3) is 0 Å². The minimum Gasteiger partial charge on any atom is -0.387 e. The van der Waals surface area contributed by atoms with E-state index in [1.807, 2.05) is 11.8 Å². The van der Waals surface area contributed by atoms with Crippen molar-refractivity contribution in [1.82, 2.24) is 14.8 Å². The summed E-state index contributed by atoms with van der Waals surface area (Å²) < 4.78 is 79.1. The number of phosphoric ester groups is 1. The molecule has 1 fully saturated rings. The first kappa shape index (κ1) is 24.5. The van der Waals surface area contributed by atoms with Gasteiger partial charge in [-0.25, -0.2) is 22.9 Å². The molecule has 1 aromatic heterocycles. The van der Waals surface area contributed by atoms with E-state index >= 15 is 0 Å². The van der Waals surface area contributed by atoms with Crippen molar-refractivity contribution in [3.63, 3.8) is 0 Å². The Balaban J connectivity index is 2.43. The normalized spacial score (nSPS) is 30.3. The van der Waals surface area contributed by atoms with E-state index in [9.17, 15) is 37.8 Å². The van der Waals surface area contributed by atoms with Gasteiger partial charge in [0, 0.05) is 0 Å². The molecular weight excluding hydrogens is 522 g/mol. The second kappa shape index (κ2) is 9.94. The Kier molecular flexibility index (Phi) is 7.38. The number of anilines is 1. The minimum atomic E-state index is -6.07. The van der Waals surface area contributed by atoms with Crippen molar-refractivity contribution < 1.29 is 63.4 Å². The van der Waals surface area contributed by atoms with E-state index < -0.39 is 66.4 Å². The summed E-state index contributed by atoms with van der Waals surface area (Å²) in [4.78, 5) is 51.4. The number of nitrogen functional groups attached to an aromatic ring is 1. The van der Waals surface area contributed by atoms with Crippen molar-refractivity contribution in [2.75, 3.05) is 19.0 Å². The summed E-state index contributed by atoms with van der Waals surface area (Å²) in [6.07, 6.45) is -6.03. The molecule has 6 atom stereocenters. The van der Waals surface area contributed by atoms with Crippen molar-refractivity contribution in [2.45, 2.75) is 24.0 Å². The number of ether oxygens (including phenoxy) is 1. The second-order valence-electron chi connectivity index (χ2n) is 5.93. The molecule has 0 amide bonds. The number of rotatable bonds is 8. The molecular formula is C11H17FN5O13P3. The highest BCUT2D eigenvalue weighted by atomic mass is 31.3. The fourth-order valence-corrected chi connectivity index (χ4v) is 5.21. The number of alkyl halides is 1. The van der Waals surface area contributed by atoms with Crippen molar-refractivity contribution >= 4 is 29.3 Å². The topological polar surface area (TPSA) is 289 Å². The first-order valence-electron chi connectivity index (χ1n) is 8.97. The smallest absolute Gasteiger partial charge is 0.387 e. The van der Waals surface area contributed by atoms with E-state index in [1.165, 1.54) is 0 Å². The molecule has 33 heavy (non-hydrogen) atoms. The maximum absolute atomic E-state index is 12.7. The summed E-state index contributed by atoms with van der Waals surface area (Å²) >= 11 is 0. The zero-order valence-electron chi connectivity index (χ0n) is 17.7. The van der Waals surface area contributed by atoms with Gasteiger partial charge < -0.3 is 40.9 Å². The lowest BCUT2D eigenvalue weighted by atomic mass is 9.92. The molecule has 9 N–H and O–H groups in total. The first-order valence-corrected chi connectivity index (χ1v) is 12.5. The molecule has 0 radical (unpaired) electrons. The van der Waals surface area contributed by atoms with Gasteiger partial charge in [0.05, 0.1) is 15.5 Å². The summed E-state index contributed by atoms with van der Waals surface area (Å²) in [5.74, 6) is 3.50. The van der Waals surface area contributed by atoms with Crippen LogP contribution in [0.15, 0.2) is 11.0 Å². The third kappa shape index (κ3) is 7.18. The third-order valence-corrected chi connectivity index (χ3v) is 7.15. The Labute approximate surface area is 185 Å². The van der Waals surface area contributed by atoms with E-state index in [1.54, 1.807) is 0 Å². The highest BCUT2D eigenvalue weighted by molar-refractivity contribution is 7.66. The summed E-state index contributed by atoms with van der Waals surface area (Å²) in [6.45, 7) is -5.01. The molecule has 0 bridgehead atoms. The number of hydrogen-bond acceptors (Lipinski definition) is 13.